The van der Waals surface area contributed by atoms with Gasteiger partial charge in [0.05, 0.1) is 24.5 Å². The van der Waals surface area contributed by atoms with Crippen molar-refractivity contribution in [2.75, 3.05) is 0 Å². The number of nitriles is 1. The molecule has 1 heterocycles. The molecular weight excluding hydrogens is 318 g/mol. The first-order valence-corrected chi connectivity index (χ1v) is 7.65. The van der Waals surface area contributed by atoms with Crippen LogP contribution in [0.5, 0.6) is 5.75 Å². The Morgan fingerprint density at radius 1 is 1.12 bits per heavy atom. The summed E-state index contributed by atoms with van der Waals surface area (Å²) in [5, 5.41) is 18.5. The second-order valence-corrected chi connectivity index (χ2v) is 5.36. The Morgan fingerprint density at radius 3 is 2.64 bits per heavy atom. The first-order chi connectivity index (χ1) is 12.2. The highest BCUT2D eigenvalue weighted by molar-refractivity contribution is 5.66. The number of hydrogen-bond acceptors (Lipinski definition) is 5. The van der Waals surface area contributed by atoms with Gasteiger partial charge >= 0.3 is 0 Å². The van der Waals surface area contributed by atoms with Gasteiger partial charge < -0.3 is 14.3 Å². The zero-order valence-corrected chi connectivity index (χ0v) is 13.3. The van der Waals surface area contributed by atoms with E-state index in [1.54, 1.807) is 18.2 Å². The lowest BCUT2D eigenvalue weighted by Gasteiger charge is -2.11. The van der Waals surface area contributed by atoms with Gasteiger partial charge in [-0.1, -0.05) is 30.3 Å². The van der Waals surface area contributed by atoms with E-state index in [0.29, 0.717) is 16.7 Å². The predicted molar refractivity (Wildman–Crippen MR) is 91.8 cm³/mol. The first-order valence-electron chi connectivity index (χ1n) is 7.65. The maximum Gasteiger partial charge on any atom is 0.227 e. The van der Waals surface area contributed by atoms with Crippen molar-refractivity contribution in [3.63, 3.8) is 0 Å². The molecule has 0 bridgehead atoms. The molecule has 124 valence electrons. The van der Waals surface area contributed by atoms with Crippen molar-refractivity contribution in [1.29, 1.82) is 5.26 Å². The monoisotopic (exact) mass is 333 g/mol. The fraction of sp³-hybridized carbons (Fsp3) is 0.100. The minimum absolute atomic E-state index is 0.0972. The molecule has 5 nitrogen and oxygen atoms in total. The van der Waals surface area contributed by atoms with Crippen molar-refractivity contribution >= 4 is 0 Å². The van der Waals surface area contributed by atoms with Gasteiger partial charge in [0, 0.05) is 11.6 Å². The molecule has 5 heteroatoms. The van der Waals surface area contributed by atoms with Gasteiger partial charge in [0.1, 0.15) is 6.61 Å². The number of nitrogens with zero attached hydrogens (tertiary/aromatic N) is 1. The Balaban J connectivity index is 1.99. The van der Waals surface area contributed by atoms with E-state index in [-0.39, 0.29) is 30.2 Å². The highest BCUT2D eigenvalue weighted by Crippen LogP contribution is 2.29. The number of rotatable bonds is 5. The molecule has 0 aliphatic carbocycles. The topological polar surface area (TPSA) is 83.5 Å². The molecule has 0 aliphatic heterocycles. The Kier molecular flexibility index (Phi) is 4.93. The molecular formula is C20H15NO4. The molecule has 0 aliphatic rings. The van der Waals surface area contributed by atoms with E-state index in [2.05, 4.69) is 0 Å². The van der Waals surface area contributed by atoms with Gasteiger partial charge in [-0.15, -0.1) is 0 Å². The van der Waals surface area contributed by atoms with Crippen LogP contribution in [0.3, 0.4) is 0 Å². The molecule has 0 spiro atoms. The predicted octanol–water partition coefficient (Wildman–Crippen LogP) is 3.25. The molecule has 25 heavy (non-hydrogen) atoms. The van der Waals surface area contributed by atoms with Crippen LogP contribution in [0.25, 0.3) is 11.3 Å². The molecule has 0 saturated carbocycles. The largest absolute Gasteiger partial charge is 0.481 e. The summed E-state index contributed by atoms with van der Waals surface area (Å²) in [6, 6.07) is 17.6. The summed E-state index contributed by atoms with van der Waals surface area (Å²) in [6.45, 7) is -0.0558. The second kappa shape index (κ2) is 7.47. The highest BCUT2D eigenvalue weighted by atomic mass is 16.5. The van der Waals surface area contributed by atoms with Crippen molar-refractivity contribution in [1.82, 2.24) is 0 Å². The lowest BCUT2D eigenvalue weighted by atomic mass is 10.0. The minimum atomic E-state index is -0.299. The SMILES string of the molecule is N#Cc1ccc(-c2occc(=O)c2OCc2ccccc2)cc1CO. The third-order valence-electron chi connectivity index (χ3n) is 3.72. The van der Waals surface area contributed by atoms with Gasteiger partial charge in [-0.2, -0.15) is 5.26 Å². The second-order valence-electron chi connectivity index (χ2n) is 5.36. The van der Waals surface area contributed by atoms with E-state index >= 15 is 0 Å². The fourth-order valence-corrected chi connectivity index (χ4v) is 2.45. The van der Waals surface area contributed by atoms with Crippen LogP contribution in [-0.2, 0) is 13.2 Å². The van der Waals surface area contributed by atoms with Gasteiger partial charge in [-0.25, -0.2) is 0 Å². The zero-order valence-electron chi connectivity index (χ0n) is 13.3. The molecule has 1 aromatic heterocycles. The third-order valence-corrected chi connectivity index (χ3v) is 3.72. The Hall–Kier alpha value is -3.36. The highest BCUT2D eigenvalue weighted by Gasteiger charge is 2.15. The van der Waals surface area contributed by atoms with Crippen LogP contribution < -0.4 is 10.2 Å². The summed E-state index contributed by atoms with van der Waals surface area (Å²) in [6.07, 6.45) is 1.30. The maximum atomic E-state index is 12.2. The molecule has 0 saturated heterocycles. The molecule has 2 aromatic carbocycles. The fourth-order valence-electron chi connectivity index (χ4n) is 2.45. The van der Waals surface area contributed by atoms with Crippen molar-refractivity contribution < 1.29 is 14.3 Å². The van der Waals surface area contributed by atoms with Crippen LogP contribution in [-0.4, -0.2) is 5.11 Å². The van der Waals surface area contributed by atoms with Crippen molar-refractivity contribution in [3.8, 4) is 23.1 Å². The number of ether oxygens (including phenoxy) is 1. The van der Waals surface area contributed by atoms with Gasteiger partial charge in [-0.05, 0) is 29.3 Å². The summed E-state index contributed by atoms with van der Waals surface area (Å²) in [5.41, 5.74) is 2.01. The number of aliphatic hydroxyl groups excluding tert-OH is 1. The lowest BCUT2D eigenvalue weighted by molar-refractivity contribution is 0.281. The summed E-state index contributed by atoms with van der Waals surface area (Å²) in [5.74, 6) is 0.363. The van der Waals surface area contributed by atoms with Crippen LogP contribution in [0.15, 0.2) is 70.1 Å². The Bertz CT molecular complexity index is 971. The van der Waals surface area contributed by atoms with Crippen LogP contribution in [0.1, 0.15) is 16.7 Å². The standard InChI is InChI=1S/C20H15NO4/c21-11-16-7-6-15(10-17(16)12-22)19-20(18(23)8-9-24-19)25-13-14-4-2-1-3-5-14/h1-10,22H,12-13H2. The number of hydrogen-bond donors (Lipinski definition) is 1. The Labute approximate surface area is 144 Å². The average Bonchev–Trinajstić information content (AvgIpc) is 2.67. The molecule has 3 aromatic rings. The van der Waals surface area contributed by atoms with E-state index in [1.807, 2.05) is 36.4 Å². The number of benzene rings is 2. The number of aliphatic hydroxyl groups is 1. The molecule has 0 amide bonds. The molecule has 1 N–H and O–H groups in total. The maximum absolute atomic E-state index is 12.2. The molecule has 0 fully saturated rings. The van der Waals surface area contributed by atoms with Crippen molar-refractivity contribution in [2.45, 2.75) is 13.2 Å². The van der Waals surface area contributed by atoms with Crippen molar-refractivity contribution in [3.05, 3.63) is 87.8 Å². The molecule has 3 rings (SSSR count). The quantitative estimate of drug-likeness (QED) is 0.775. The Morgan fingerprint density at radius 2 is 1.92 bits per heavy atom. The van der Waals surface area contributed by atoms with E-state index in [4.69, 9.17) is 14.4 Å². The molecule has 0 atom stereocenters. The summed E-state index contributed by atoms with van der Waals surface area (Å²) >= 11 is 0. The normalized spacial score (nSPS) is 10.2. The van der Waals surface area contributed by atoms with Gasteiger partial charge in [-0.3, -0.25) is 4.79 Å². The van der Waals surface area contributed by atoms with Crippen molar-refractivity contribution in [2.24, 2.45) is 0 Å². The van der Waals surface area contributed by atoms with Gasteiger partial charge in [0.2, 0.25) is 11.2 Å². The summed E-state index contributed by atoms with van der Waals surface area (Å²) in [4.78, 5) is 12.2. The first kappa shape index (κ1) is 16.5. The van der Waals surface area contributed by atoms with Gasteiger partial charge in [0.15, 0.2) is 5.76 Å². The van der Waals surface area contributed by atoms with Crippen LogP contribution >= 0.6 is 0 Å². The third kappa shape index (κ3) is 3.60. The van der Waals surface area contributed by atoms with Crippen LogP contribution in [0.2, 0.25) is 0 Å². The van der Waals surface area contributed by atoms with E-state index in [1.165, 1.54) is 12.3 Å². The van der Waals surface area contributed by atoms with E-state index in [0.717, 1.165) is 5.56 Å². The van der Waals surface area contributed by atoms with Crippen LogP contribution in [0.4, 0.5) is 0 Å². The molecule has 0 unspecified atom stereocenters. The average molecular weight is 333 g/mol. The smallest absolute Gasteiger partial charge is 0.227 e. The summed E-state index contributed by atoms with van der Waals surface area (Å²) < 4.78 is 11.2. The van der Waals surface area contributed by atoms with Gasteiger partial charge in [0.25, 0.3) is 0 Å². The van der Waals surface area contributed by atoms with E-state index < -0.39 is 0 Å². The van der Waals surface area contributed by atoms with Crippen LogP contribution in [0, 0.1) is 11.3 Å². The zero-order chi connectivity index (χ0) is 17.6. The lowest BCUT2D eigenvalue weighted by Crippen LogP contribution is -2.08. The summed E-state index contributed by atoms with van der Waals surface area (Å²) in [7, 11) is 0. The molecule has 0 radical (unpaired) electrons. The minimum Gasteiger partial charge on any atom is -0.481 e. The van der Waals surface area contributed by atoms with E-state index in [9.17, 15) is 9.90 Å².